The van der Waals surface area contributed by atoms with Crippen molar-refractivity contribution in [3.63, 3.8) is 0 Å². The molecule has 72 valence electrons. The normalized spacial score (nSPS) is 10.7. The number of benzene rings is 1. The van der Waals surface area contributed by atoms with Crippen LogP contribution >= 0.6 is 11.6 Å². The molecule has 1 aromatic carbocycles. The quantitative estimate of drug-likeness (QED) is 0.537. The molecule has 0 aliphatic rings. The fraction of sp³-hybridized carbons (Fsp3) is 0.111. The van der Waals surface area contributed by atoms with E-state index in [1.165, 1.54) is 12.1 Å². The highest BCUT2D eigenvalue weighted by atomic mass is 35.5. The van der Waals surface area contributed by atoms with Crippen molar-refractivity contribution < 1.29 is 9.34 Å². The van der Waals surface area contributed by atoms with Crippen LogP contribution in [0.1, 0.15) is 5.76 Å². The van der Waals surface area contributed by atoms with Crippen LogP contribution in [-0.2, 0) is 0 Å². The van der Waals surface area contributed by atoms with Gasteiger partial charge in [0.05, 0.1) is 4.92 Å². The minimum absolute atomic E-state index is 0.0943. The van der Waals surface area contributed by atoms with Gasteiger partial charge in [0.15, 0.2) is 0 Å². The largest absolute Gasteiger partial charge is 0.461 e. The van der Waals surface area contributed by atoms with E-state index in [-0.39, 0.29) is 10.7 Å². The van der Waals surface area contributed by atoms with Gasteiger partial charge >= 0.3 is 0 Å². The molecule has 0 atom stereocenters. The third-order valence-corrected chi connectivity index (χ3v) is 2.21. The molecule has 0 amide bonds. The van der Waals surface area contributed by atoms with Crippen molar-refractivity contribution in [2.45, 2.75) is 6.92 Å². The van der Waals surface area contributed by atoms with Gasteiger partial charge in [0.25, 0.3) is 5.69 Å². The third kappa shape index (κ3) is 1.33. The van der Waals surface area contributed by atoms with Gasteiger partial charge in [-0.05, 0) is 13.0 Å². The van der Waals surface area contributed by atoms with Gasteiger partial charge in [-0.2, -0.15) is 0 Å². The van der Waals surface area contributed by atoms with Crippen molar-refractivity contribution in [2.75, 3.05) is 0 Å². The van der Waals surface area contributed by atoms with Crippen LogP contribution in [0.3, 0.4) is 0 Å². The summed E-state index contributed by atoms with van der Waals surface area (Å²) in [6.45, 7) is 1.78. The minimum Gasteiger partial charge on any atom is -0.461 e. The molecular weight excluding hydrogens is 206 g/mol. The van der Waals surface area contributed by atoms with Gasteiger partial charge in [0.2, 0.25) is 0 Å². The van der Waals surface area contributed by atoms with Crippen molar-refractivity contribution in [3.05, 3.63) is 39.1 Å². The monoisotopic (exact) mass is 211 g/mol. The highest BCUT2D eigenvalue weighted by Crippen LogP contribution is 2.31. The van der Waals surface area contributed by atoms with E-state index in [1.54, 1.807) is 13.0 Å². The van der Waals surface area contributed by atoms with E-state index in [4.69, 9.17) is 16.0 Å². The maximum Gasteiger partial charge on any atom is 0.288 e. The molecule has 14 heavy (non-hydrogen) atoms. The van der Waals surface area contributed by atoms with Gasteiger partial charge in [0, 0.05) is 17.5 Å². The summed E-state index contributed by atoms with van der Waals surface area (Å²) in [4.78, 5) is 10.1. The lowest BCUT2D eigenvalue weighted by molar-refractivity contribution is -0.384. The summed E-state index contributed by atoms with van der Waals surface area (Å²) in [7, 11) is 0. The standard InChI is InChI=1S/C9H6ClNO3/c1-5-2-6-3-8(11(12)13)7(10)4-9(6)14-5/h2-4H,1H3. The molecule has 4 nitrogen and oxygen atoms in total. The Bertz CT molecular complexity index is 518. The highest BCUT2D eigenvalue weighted by molar-refractivity contribution is 6.33. The summed E-state index contributed by atoms with van der Waals surface area (Å²) < 4.78 is 5.28. The Morgan fingerprint density at radius 2 is 2.14 bits per heavy atom. The Kier molecular flexibility index (Phi) is 1.93. The van der Waals surface area contributed by atoms with Crippen LogP contribution in [0.4, 0.5) is 5.69 Å². The SMILES string of the molecule is Cc1cc2cc([N+](=O)[O-])c(Cl)cc2o1. The van der Waals surface area contributed by atoms with Crippen LogP contribution in [0.15, 0.2) is 22.6 Å². The van der Waals surface area contributed by atoms with Gasteiger partial charge in [-0.3, -0.25) is 10.1 Å². The first-order valence-electron chi connectivity index (χ1n) is 3.92. The Morgan fingerprint density at radius 1 is 1.43 bits per heavy atom. The molecule has 0 spiro atoms. The molecule has 0 saturated heterocycles. The van der Waals surface area contributed by atoms with Crippen LogP contribution in [-0.4, -0.2) is 4.92 Å². The molecule has 5 heteroatoms. The van der Waals surface area contributed by atoms with Crippen molar-refractivity contribution in [2.24, 2.45) is 0 Å². The Balaban J connectivity index is 2.76. The van der Waals surface area contributed by atoms with Gasteiger partial charge in [-0.15, -0.1) is 0 Å². The molecule has 1 heterocycles. The average Bonchev–Trinajstić information content (AvgIpc) is 2.42. The number of furan rings is 1. The zero-order chi connectivity index (χ0) is 10.3. The number of hydrogen-bond acceptors (Lipinski definition) is 3. The number of hydrogen-bond donors (Lipinski definition) is 0. The number of nitro benzene ring substituents is 1. The summed E-state index contributed by atoms with van der Waals surface area (Å²) in [5.74, 6) is 0.705. The number of nitro groups is 1. The first-order chi connectivity index (χ1) is 6.58. The number of halogens is 1. The molecular formula is C9H6ClNO3. The summed E-state index contributed by atoms with van der Waals surface area (Å²) in [6, 6.07) is 4.61. The summed E-state index contributed by atoms with van der Waals surface area (Å²) in [5, 5.41) is 11.4. The van der Waals surface area contributed by atoms with Crippen LogP contribution < -0.4 is 0 Å². The van der Waals surface area contributed by atoms with Crippen molar-refractivity contribution in [1.29, 1.82) is 0 Å². The van der Waals surface area contributed by atoms with Crippen molar-refractivity contribution in [3.8, 4) is 0 Å². The lowest BCUT2D eigenvalue weighted by Crippen LogP contribution is -1.88. The molecule has 0 unspecified atom stereocenters. The van der Waals surface area contributed by atoms with E-state index < -0.39 is 4.92 Å². The zero-order valence-corrected chi connectivity index (χ0v) is 8.04. The van der Waals surface area contributed by atoms with E-state index in [0.29, 0.717) is 16.7 Å². The van der Waals surface area contributed by atoms with Crippen LogP contribution in [0.5, 0.6) is 0 Å². The van der Waals surface area contributed by atoms with E-state index in [9.17, 15) is 10.1 Å². The molecule has 2 rings (SSSR count). The molecule has 0 saturated carbocycles. The van der Waals surface area contributed by atoms with E-state index >= 15 is 0 Å². The second-order valence-corrected chi connectivity index (χ2v) is 3.36. The predicted octanol–water partition coefficient (Wildman–Crippen LogP) is 3.30. The van der Waals surface area contributed by atoms with Crippen molar-refractivity contribution in [1.82, 2.24) is 0 Å². The van der Waals surface area contributed by atoms with Gasteiger partial charge in [-0.25, -0.2) is 0 Å². The molecule has 0 fully saturated rings. The lowest BCUT2D eigenvalue weighted by atomic mass is 10.2. The van der Waals surface area contributed by atoms with Crippen LogP contribution in [0.25, 0.3) is 11.0 Å². The number of nitrogens with zero attached hydrogens (tertiary/aromatic N) is 1. The molecule has 0 aliphatic heterocycles. The maximum absolute atomic E-state index is 10.6. The number of aryl methyl sites for hydroxylation is 1. The third-order valence-electron chi connectivity index (χ3n) is 1.91. The van der Waals surface area contributed by atoms with Gasteiger partial charge < -0.3 is 4.42 Å². The Hall–Kier alpha value is -1.55. The summed E-state index contributed by atoms with van der Waals surface area (Å²) in [6.07, 6.45) is 0. The molecule has 0 radical (unpaired) electrons. The van der Waals surface area contributed by atoms with Crippen molar-refractivity contribution >= 4 is 28.3 Å². The van der Waals surface area contributed by atoms with E-state index in [1.807, 2.05) is 0 Å². The van der Waals surface area contributed by atoms with E-state index in [0.717, 1.165) is 0 Å². The highest BCUT2D eigenvalue weighted by Gasteiger charge is 2.14. The first kappa shape index (κ1) is 9.02. The summed E-state index contributed by atoms with van der Waals surface area (Å²) in [5.41, 5.74) is 0.470. The average molecular weight is 212 g/mol. The number of fused-ring (bicyclic) bond motifs is 1. The second-order valence-electron chi connectivity index (χ2n) is 2.96. The smallest absolute Gasteiger partial charge is 0.288 e. The molecule has 0 aliphatic carbocycles. The molecule has 0 N–H and O–H groups in total. The fourth-order valence-corrected chi connectivity index (χ4v) is 1.55. The van der Waals surface area contributed by atoms with E-state index in [2.05, 4.69) is 0 Å². The summed E-state index contributed by atoms with van der Waals surface area (Å²) >= 11 is 5.71. The fourth-order valence-electron chi connectivity index (χ4n) is 1.32. The molecule has 0 bridgehead atoms. The predicted molar refractivity (Wildman–Crippen MR) is 52.6 cm³/mol. The molecule has 2 aromatic rings. The Labute approximate surface area is 84.2 Å². The van der Waals surface area contributed by atoms with Crippen LogP contribution in [0.2, 0.25) is 5.02 Å². The topological polar surface area (TPSA) is 56.3 Å². The maximum atomic E-state index is 10.6. The van der Waals surface area contributed by atoms with Gasteiger partial charge in [0.1, 0.15) is 16.4 Å². The number of rotatable bonds is 1. The van der Waals surface area contributed by atoms with Gasteiger partial charge in [-0.1, -0.05) is 11.6 Å². The second kappa shape index (κ2) is 2.99. The molecule has 1 aromatic heterocycles. The lowest BCUT2D eigenvalue weighted by Gasteiger charge is -1.93. The van der Waals surface area contributed by atoms with Crippen LogP contribution in [0, 0.1) is 17.0 Å². The first-order valence-corrected chi connectivity index (χ1v) is 4.30. The Morgan fingerprint density at radius 3 is 2.79 bits per heavy atom. The minimum atomic E-state index is -0.510. The zero-order valence-electron chi connectivity index (χ0n) is 7.28.